The van der Waals surface area contributed by atoms with E-state index in [9.17, 15) is 9.59 Å². The number of hydrogen-bond acceptors (Lipinski definition) is 4. The van der Waals surface area contributed by atoms with Crippen LogP contribution in [0.15, 0.2) is 42.5 Å². The van der Waals surface area contributed by atoms with Gasteiger partial charge in [-0.2, -0.15) is 0 Å². The third-order valence-electron chi connectivity index (χ3n) is 4.34. The van der Waals surface area contributed by atoms with Gasteiger partial charge in [-0.05, 0) is 43.2 Å². The van der Waals surface area contributed by atoms with E-state index in [1.54, 1.807) is 12.0 Å². The van der Waals surface area contributed by atoms with Crippen LogP contribution in [0.5, 0.6) is 5.75 Å². The van der Waals surface area contributed by atoms with Gasteiger partial charge < -0.3 is 20.3 Å². The predicted octanol–water partition coefficient (Wildman–Crippen LogP) is 3.18. The van der Waals surface area contributed by atoms with Crippen LogP contribution in [0.2, 0.25) is 0 Å². The number of carbonyl (C=O) groups excluding carboxylic acids is 2. The van der Waals surface area contributed by atoms with E-state index >= 15 is 0 Å². The van der Waals surface area contributed by atoms with Crippen LogP contribution < -0.4 is 20.3 Å². The van der Waals surface area contributed by atoms with E-state index in [4.69, 9.17) is 4.74 Å². The van der Waals surface area contributed by atoms with Crippen molar-refractivity contribution in [2.75, 3.05) is 35.7 Å². The zero-order chi connectivity index (χ0) is 18.5. The topological polar surface area (TPSA) is 70.7 Å². The Morgan fingerprint density at radius 2 is 2.00 bits per heavy atom. The highest BCUT2D eigenvalue weighted by Gasteiger charge is 2.23. The number of hydrogen-bond donors (Lipinski definition) is 2. The summed E-state index contributed by atoms with van der Waals surface area (Å²) in [5.41, 5.74) is 3.26. The summed E-state index contributed by atoms with van der Waals surface area (Å²) in [6, 6.07) is 13.2. The lowest BCUT2D eigenvalue weighted by molar-refractivity contribution is -0.117. The van der Waals surface area contributed by atoms with Crippen LogP contribution in [0.4, 0.5) is 17.1 Å². The van der Waals surface area contributed by atoms with Crippen molar-refractivity contribution in [2.45, 2.75) is 19.8 Å². The summed E-state index contributed by atoms with van der Waals surface area (Å²) in [5, 5.41) is 6.00. The molecule has 0 radical (unpaired) electrons. The summed E-state index contributed by atoms with van der Waals surface area (Å²) in [4.78, 5) is 26.1. The maximum Gasteiger partial charge on any atom is 0.243 e. The van der Waals surface area contributed by atoms with Crippen LogP contribution in [0.3, 0.4) is 0 Å². The zero-order valence-electron chi connectivity index (χ0n) is 15.0. The van der Waals surface area contributed by atoms with Gasteiger partial charge in [-0.3, -0.25) is 9.59 Å². The van der Waals surface area contributed by atoms with E-state index in [0.717, 1.165) is 23.4 Å². The molecule has 0 spiro atoms. The Morgan fingerprint density at radius 3 is 2.73 bits per heavy atom. The van der Waals surface area contributed by atoms with Crippen LogP contribution in [-0.4, -0.2) is 32.0 Å². The molecule has 2 N–H and O–H groups in total. The van der Waals surface area contributed by atoms with Crippen LogP contribution in [0.25, 0.3) is 0 Å². The van der Waals surface area contributed by atoms with Gasteiger partial charge in [0.2, 0.25) is 11.8 Å². The van der Waals surface area contributed by atoms with Gasteiger partial charge in [0.1, 0.15) is 5.75 Å². The number of anilines is 3. The molecule has 0 unspecified atom stereocenters. The first-order valence-electron chi connectivity index (χ1n) is 8.66. The first-order valence-corrected chi connectivity index (χ1v) is 8.66. The van der Waals surface area contributed by atoms with Crippen molar-refractivity contribution < 1.29 is 14.3 Å². The van der Waals surface area contributed by atoms with Gasteiger partial charge in [-0.25, -0.2) is 0 Å². The average Bonchev–Trinajstić information content (AvgIpc) is 3.06. The monoisotopic (exact) mass is 353 g/mol. The molecule has 1 fully saturated rings. The van der Waals surface area contributed by atoms with Crippen molar-refractivity contribution in [3.05, 3.63) is 48.0 Å². The Balaban J connectivity index is 1.67. The summed E-state index contributed by atoms with van der Waals surface area (Å²) in [6.45, 7) is 2.76. The van der Waals surface area contributed by atoms with Gasteiger partial charge in [-0.1, -0.05) is 18.2 Å². The molecule has 1 aliphatic rings. The number of aryl methyl sites for hydroxylation is 1. The molecule has 2 aromatic carbocycles. The standard InChI is InChI=1S/C20H23N3O3/c1-14-9-10-18(26-2)16(12-14)22-19(24)13-21-15-6-3-4-7-17(15)23-11-5-8-20(23)25/h3-4,6-7,9-10,12,21H,5,8,11,13H2,1-2H3,(H,22,24). The highest BCUT2D eigenvalue weighted by molar-refractivity contribution is 5.99. The molecule has 2 aromatic rings. The number of rotatable bonds is 6. The second-order valence-electron chi connectivity index (χ2n) is 6.27. The van der Waals surface area contributed by atoms with E-state index in [0.29, 0.717) is 24.4 Å². The lowest BCUT2D eigenvalue weighted by Crippen LogP contribution is -2.26. The Bertz CT molecular complexity index is 820. The van der Waals surface area contributed by atoms with Crippen molar-refractivity contribution >= 4 is 28.9 Å². The van der Waals surface area contributed by atoms with E-state index in [1.807, 2.05) is 49.4 Å². The number of nitrogens with zero attached hydrogens (tertiary/aromatic N) is 1. The summed E-state index contributed by atoms with van der Waals surface area (Å²) in [7, 11) is 1.57. The molecule has 1 aliphatic heterocycles. The number of para-hydroxylation sites is 2. The summed E-state index contributed by atoms with van der Waals surface area (Å²) in [6.07, 6.45) is 1.43. The van der Waals surface area contributed by atoms with Gasteiger partial charge >= 0.3 is 0 Å². The molecule has 136 valence electrons. The fourth-order valence-electron chi connectivity index (χ4n) is 3.05. The number of nitrogens with one attached hydrogen (secondary N) is 2. The number of benzene rings is 2. The lowest BCUT2D eigenvalue weighted by atomic mass is 10.2. The molecule has 0 bridgehead atoms. The van der Waals surface area contributed by atoms with Crippen molar-refractivity contribution in [2.24, 2.45) is 0 Å². The number of carbonyl (C=O) groups is 2. The molecule has 6 heteroatoms. The largest absolute Gasteiger partial charge is 0.495 e. The van der Waals surface area contributed by atoms with Crippen molar-refractivity contribution in [3.8, 4) is 5.75 Å². The average molecular weight is 353 g/mol. The Hall–Kier alpha value is -3.02. The molecular weight excluding hydrogens is 330 g/mol. The molecule has 6 nitrogen and oxygen atoms in total. The maximum absolute atomic E-state index is 12.4. The summed E-state index contributed by atoms with van der Waals surface area (Å²) >= 11 is 0. The van der Waals surface area contributed by atoms with Crippen LogP contribution in [0, 0.1) is 6.92 Å². The van der Waals surface area contributed by atoms with Crippen molar-refractivity contribution in [1.82, 2.24) is 0 Å². The lowest BCUT2D eigenvalue weighted by Gasteiger charge is -2.20. The Morgan fingerprint density at radius 1 is 1.19 bits per heavy atom. The van der Waals surface area contributed by atoms with Crippen molar-refractivity contribution in [3.63, 3.8) is 0 Å². The van der Waals surface area contributed by atoms with Crippen LogP contribution in [0.1, 0.15) is 18.4 Å². The van der Waals surface area contributed by atoms with Gasteiger partial charge in [0.05, 0.1) is 30.7 Å². The molecule has 1 saturated heterocycles. The van der Waals surface area contributed by atoms with E-state index in [2.05, 4.69) is 10.6 Å². The molecule has 0 atom stereocenters. The fourth-order valence-corrected chi connectivity index (χ4v) is 3.05. The Kier molecular flexibility index (Phi) is 5.41. The van der Waals surface area contributed by atoms with E-state index in [1.165, 1.54) is 0 Å². The maximum atomic E-state index is 12.4. The minimum Gasteiger partial charge on any atom is -0.495 e. The molecular formula is C20H23N3O3. The van der Waals surface area contributed by atoms with E-state index in [-0.39, 0.29) is 18.4 Å². The van der Waals surface area contributed by atoms with E-state index < -0.39 is 0 Å². The van der Waals surface area contributed by atoms with Gasteiger partial charge in [0.15, 0.2) is 0 Å². The van der Waals surface area contributed by atoms with Crippen molar-refractivity contribution in [1.29, 1.82) is 0 Å². The van der Waals surface area contributed by atoms with Gasteiger partial charge in [0, 0.05) is 13.0 Å². The highest BCUT2D eigenvalue weighted by atomic mass is 16.5. The second kappa shape index (κ2) is 7.91. The van der Waals surface area contributed by atoms with Crippen LogP contribution in [-0.2, 0) is 9.59 Å². The van der Waals surface area contributed by atoms with Gasteiger partial charge in [0.25, 0.3) is 0 Å². The molecule has 26 heavy (non-hydrogen) atoms. The molecule has 2 amide bonds. The summed E-state index contributed by atoms with van der Waals surface area (Å²) in [5.74, 6) is 0.552. The van der Waals surface area contributed by atoms with Crippen LogP contribution >= 0.6 is 0 Å². The third-order valence-corrected chi connectivity index (χ3v) is 4.34. The molecule has 0 saturated carbocycles. The molecule has 0 aromatic heterocycles. The number of amides is 2. The second-order valence-corrected chi connectivity index (χ2v) is 6.27. The first-order chi connectivity index (χ1) is 12.6. The minimum absolute atomic E-state index is 0.0934. The number of methoxy groups -OCH3 is 1. The molecule has 3 rings (SSSR count). The quantitative estimate of drug-likeness (QED) is 0.837. The fraction of sp³-hybridized carbons (Fsp3) is 0.300. The number of ether oxygens (including phenoxy) is 1. The first kappa shape index (κ1) is 17.8. The molecule has 1 heterocycles. The summed E-state index contributed by atoms with van der Waals surface area (Å²) < 4.78 is 5.28. The highest BCUT2D eigenvalue weighted by Crippen LogP contribution is 2.29. The predicted molar refractivity (Wildman–Crippen MR) is 103 cm³/mol. The molecule has 0 aliphatic carbocycles. The SMILES string of the molecule is COc1ccc(C)cc1NC(=O)CNc1ccccc1N1CCCC1=O. The third kappa shape index (κ3) is 3.96. The van der Waals surface area contributed by atoms with Gasteiger partial charge in [-0.15, -0.1) is 0 Å². The minimum atomic E-state index is -0.184. The zero-order valence-corrected chi connectivity index (χ0v) is 15.0. The Labute approximate surface area is 153 Å². The normalized spacial score (nSPS) is 13.6. The smallest absolute Gasteiger partial charge is 0.243 e.